The van der Waals surface area contributed by atoms with E-state index in [0.29, 0.717) is 0 Å². The number of aliphatic hydroxyl groups is 2. The highest BCUT2D eigenvalue weighted by atomic mass is 16.4. The van der Waals surface area contributed by atoms with Gasteiger partial charge in [-0.2, -0.15) is 0 Å². The van der Waals surface area contributed by atoms with E-state index in [9.17, 15) is 15.0 Å². The van der Waals surface area contributed by atoms with Crippen molar-refractivity contribution in [3.63, 3.8) is 0 Å². The summed E-state index contributed by atoms with van der Waals surface area (Å²) in [5.74, 6) is -0.939. The molecule has 0 amide bonds. The summed E-state index contributed by atoms with van der Waals surface area (Å²) in [4.78, 5) is 12.5. The zero-order valence-electron chi connectivity index (χ0n) is 8.42. The summed E-state index contributed by atoms with van der Waals surface area (Å²) in [6.45, 7) is 4.10. The quantitative estimate of drug-likeness (QED) is 0.555. The van der Waals surface area contributed by atoms with Crippen LogP contribution in [0.2, 0.25) is 0 Å². The molecule has 0 saturated carbocycles. The molecule has 5 nitrogen and oxygen atoms in total. The number of aliphatic hydroxyl groups excluding tert-OH is 2. The smallest absolute Gasteiger partial charge is 0.321 e. The Morgan fingerprint density at radius 3 is 2.00 bits per heavy atom. The molecule has 0 aromatic rings. The van der Waals surface area contributed by atoms with Gasteiger partial charge in [0.2, 0.25) is 0 Å². The van der Waals surface area contributed by atoms with Gasteiger partial charge in [0.1, 0.15) is 6.04 Å². The van der Waals surface area contributed by atoms with Crippen molar-refractivity contribution in [1.29, 1.82) is 0 Å². The monoisotopic (exact) mass is 203 g/mol. The molecule has 1 rings (SSSR count). The van der Waals surface area contributed by atoms with E-state index in [-0.39, 0.29) is 19.0 Å². The normalized spacial score (nSPS) is 30.9. The lowest BCUT2D eigenvalue weighted by molar-refractivity contribution is -0.144. The molecule has 0 aliphatic carbocycles. The largest absolute Gasteiger partial charge is 0.480 e. The Bertz CT molecular complexity index is 209. The minimum Gasteiger partial charge on any atom is -0.480 e. The van der Waals surface area contributed by atoms with Gasteiger partial charge in [-0.05, 0) is 5.92 Å². The first-order valence-electron chi connectivity index (χ1n) is 4.76. The van der Waals surface area contributed by atoms with Crippen molar-refractivity contribution >= 4 is 5.97 Å². The maximum Gasteiger partial charge on any atom is 0.321 e. The number of carboxylic acids is 1. The number of likely N-dealkylation sites (tertiary alicyclic amines) is 1. The minimum atomic E-state index is -0.902. The van der Waals surface area contributed by atoms with E-state index in [1.54, 1.807) is 4.90 Å². The van der Waals surface area contributed by atoms with Crippen LogP contribution in [0.1, 0.15) is 13.8 Å². The highest BCUT2D eigenvalue weighted by Gasteiger charge is 2.38. The Kier molecular flexibility index (Phi) is 3.47. The number of hydrogen-bond acceptors (Lipinski definition) is 4. The SMILES string of the molecule is CC(C)[C@@H](C(=O)O)N1CC(O)C(O)C1. The van der Waals surface area contributed by atoms with E-state index < -0.39 is 24.2 Å². The van der Waals surface area contributed by atoms with E-state index in [4.69, 9.17) is 5.11 Å². The lowest BCUT2D eigenvalue weighted by Crippen LogP contribution is -2.44. The molecule has 1 saturated heterocycles. The van der Waals surface area contributed by atoms with Crippen molar-refractivity contribution < 1.29 is 20.1 Å². The molecule has 2 unspecified atom stereocenters. The Balaban J connectivity index is 2.67. The number of β-amino-alcohol motifs (C(OH)–C–C–N with tert-alkyl or cyclic N) is 2. The average Bonchev–Trinajstić information content (AvgIpc) is 2.29. The predicted molar refractivity (Wildman–Crippen MR) is 49.8 cm³/mol. The van der Waals surface area contributed by atoms with Crippen LogP contribution in [0.5, 0.6) is 0 Å². The van der Waals surface area contributed by atoms with Crippen molar-refractivity contribution in [3.05, 3.63) is 0 Å². The van der Waals surface area contributed by atoms with Crippen LogP contribution in [-0.4, -0.2) is 57.5 Å². The van der Waals surface area contributed by atoms with Crippen molar-refractivity contribution in [3.8, 4) is 0 Å². The second kappa shape index (κ2) is 4.25. The average molecular weight is 203 g/mol. The number of nitrogens with zero attached hydrogens (tertiary/aromatic N) is 1. The molecular formula is C9H17NO4. The van der Waals surface area contributed by atoms with Crippen molar-refractivity contribution in [1.82, 2.24) is 4.90 Å². The van der Waals surface area contributed by atoms with E-state index in [2.05, 4.69) is 0 Å². The van der Waals surface area contributed by atoms with Crippen LogP contribution in [0.3, 0.4) is 0 Å². The zero-order chi connectivity index (χ0) is 10.9. The second-order valence-electron chi connectivity index (χ2n) is 4.12. The second-order valence-corrected chi connectivity index (χ2v) is 4.12. The van der Waals surface area contributed by atoms with Gasteiger partial charge >= 0.3 is 5.97 Å². The van der Waals surface area contributed by atoms with Crippen molar-refractivity contribution in [2.45, 2.75) is 32.1 Å². The Hall–Kier alpha value is -0.650. The van der Waals surface area contributed by atoms with Crippen LogP contribution < -0.4 is 0 Å². The molecule has 0 aromatic heterocycles. The summed E-state index contributed by atoms with van der Waals surface area (Å²) in [6.07, 6.45) is -1.65. The lowest BCUT2D eigenvalue weighted by atomic mass is 10.0. The third-order valence-electron chi connectivity index (χ3n) is 2.57. The zero-order valence-corrected chi connectivity index (χ0v) is 8.42. The maximum atomic E-state index is 10.9. The standard InChI is InChI=1S/C9H17NO4/c1-5(2)8(9(13)14)10-3-6(11)7(12)4-10/h5-8,11-12H,3-4H2,1-2H3,(H,13,14)/t6?,7?,8-/m0/s1. The van der Waals surface area contributed by atoms with Gasteiger partial charge in [0.25, 0.3) is 0 Å². The number of rotatable bonds is 3. The van der Waals surface area contributed by atoms with Crippen LogP contribution in [-0.2, 0) is 4.79 Å². The van der Waals surface area contributed by atoms with Gasteiger partial charge in [0, 0.05) is 13.1 Å². The Morgan fingerprint density at radius 2 is 1.71 bits per heavy atom. The summed E-state index contributed by atoms with van der Waals surface area (Å²) in [6, 6.07) is -0.623. The highest BCUT2D eigenvalue weighted by molar-refractivity contribution is 5.73. The van der Waals surface area contributed by atoms with Crippen LogP contribution in [0.15, 0.2) is 0 Å². The van der Waals surface area contributed by atoms with Gasteiger partial charge in [-0.15, -0.1) is 0 Å². The Labute approximate surface area is 83.0 Å². The first-order chi connectivity index (χ1) is 6.43. The molecule has 0 bridgehead atoms. The summed E-state index contributed by atoms with van der Waals surface area (Å²) >= 11 is 0. The van der Waals surface area contributed by atoms with Crippen LogP contribution in [0, 0.1) is 5.92 Å². The molecule has 0 radical (unpaired) electrons. The first kappa shape index (κ1) is 11.4. The van der Waals surface area contributed by atoms with E-state index in [0.717, 1.165) is 0 Å². The van der Waals surface area contributed by atoms with E-state index >= 15 is 0 Å². The molecule has 0 spiro atoms. The molecular weight excluding hydrogens is 186 g/mol. The number of aliphatic carboxylic acids is 1. The molecule has 5 heteroatoms. The molecule has 1 aliphatic heterocycles. The molecule has 82 valence electrons. The van der Waals surface area contributed by atoms with Crippen LogP contribution in [0.25, 0.3) is 0 Å². The molecule has 3 N–H and O–H groups in total. The van der Waals surface area contributed by atoms with Crippen LogP contribution in [0.4, 0.5) is 0 Å². The lowest BCUT2D eigenvalue weighted by Gasteiger charge is -2.26. The fourth-order valence-corrected chi connectivity index (χ4v) is 1.89. The summed E-state index contributed by atoms with van der Waals surface area (Å²) in [5, 5.41) is 27.6. The summed E-state index contributed by atoms with van der Waals surface area (Å²) < 4.78 is 0. The molecule has 3 atom stereocenters. The summed E-state index contributed by atoms with van der Waals surface area (Å²) in [7, 11) is 0. The molecule has 1 fully saturated rings. The van der Waals surface area contributed by atoms with E-state index in [1.807, 2.05) is 13.8 Å². The number of carbonyl (C=O) groups is 1. The van der Waals surface area contributed by atoms with Gasteiger partial charge in [0.15, 0.2) is 0 Å². The fourth-order valence-electron chi connectivity index (χ4n) is 1.89. The van der Waals surface area contributed by atoms with Crippen molar-refractivity contribution in [2.75, 3.05) is 13.1 Å². The van der Waals surface area contributed by atoms with Crippen LogP contribution >= 0.6 is 0 Å². The number of hydrogen-bond donors (Lipinski definition) is 3. The maximum absolute atomic E-state index is 10.9. The van der Waals surface area contributed by atoms with Gasteiger partial charge in [-0.25, -0.2) is 0 Å². The molecule has 1 aliphatic rings. The Morgan fingerprint density at radius 1 is 1.29 bits per heavy atom. The van der Waals surface area contributed by atoms with Crippen molar-refractivity contribution in [2.24, 2.45) is 5.92 Å². The van der Waals surface area contributed by atoms with Gasteiger partial charge in [-0.1, -0.05) is 13.8 Å². The van der Waals surface area contributed by atoms with Gasteiger partial charge in [-0.3, -0.25) is 9.69 Å². The molecule has 1 heterocycles. The predicted octanol–water partition coefficient (Wildman–Crippen LogP) is -0.867. The number of carboxylic acid groups (broad SMARTS) is 1. The molecule has 0 aromatic carbocycles. The first-order valence-corrected chi connectivity index (χ1v) is 4.76. The fraction of sp³-hybridized carbons (Fsp3) is 0.889. The summed E-state index contributed by atoms with van der Waals surface area (Å²) in [5.41, 5.74) is 0. The molecule has 14 heavy (non-hydrogen) atoms. The minimum absolute atomic E-state index is 0.0370. The highest BCUT2D eigenvalue weighted by Crippen LogP contribution is 2.18. The van der Waals surface area contributed by atoms with Gasteiger partial charge < -0.3 is 15.3 Å². The topological polar surface area (TPSA) is 81.0 Å². The van der Waals surface area contributed by atoms with Gasteiger partial charge in [0.05, 0.1) is 12.2 Å². The third kappa shape index (κ3) is 2.23. The third-order valence-corrected chi connectivity index (χ3v) is 2.57. The van der Waals surface area contributed by atoms with E-state index in [1.165, 1.54) is 0 Å².